The highest BCUT2D eigenvalue weighted by Crippen LogP contribution is 2.33. The number of hydrogen-bond donors (Lipinski definition) is 0. The Hall–Kier alpha value is 1.58. The van der Waals surface area contributed by atoms with Crippen molar-refractivity contribution in [2.75, 3.05) is 12.8 Å². The zero-order valence-corrected chi connectivity index (χ0v) is 54.2. The minimum absolute atomic E-state index is 0.0447. The second-order valence-electron chi connectivity index (χ2n) is 22.3. The number of rotatable bonds is 35. The van der Waals surface area contributed by atoms with Crippen molar-refractivity contribution in [3.05, 3.63) is 0 Å². The molecule has 0 aliphatic carbocycles. The van der Waals surface area contributed by atoms with Crippen LogP contribution < -0.4 is 0 Å². The molecule has 0 aliphatic rings. The van der Waals surface area contributed by atoms with E-state index < -0.39 is 86.6 Å². The average Bonchev–Trinajstić information content (AvgIpc) is 3.02. The number of esters is 1. The van der Waals surface area contributed by atoms with Gasteiger partial charge in [0.1, 0.15) is 19.5 Å². The van der Waals surface area contributed by atoms with Gasteiger partial charge in [0.2, 0.25) is 0 Å². The summed E-state index contributed by atoms with van der Waals surface area (Å²) in [5.41, 5.74) is -0.383. The summed E-state index contributed by atoms with van der Waals surface area (Å²) in [6.07, 6.45) is 7.82. The molecule has 0 heterocycles. The van der Waals surface area contributed by atoms with Crippen molar-refractivity contribution >= 4 is 102 Å². The van der Waals surface area contributed by atoms with Crippen LogP contribution in [0.2, 0.25) is 154 Å². The lowest BCUT2D eigenvalue weighted by atomic mass is 9.83. The highest BCUT2D eigenvalue weighted by molar-refractivity contribution is 6.91. The second-order valence-corrected chi connectivity index (χ2v) is 61.7. The lowest BCUT2D eigenvalue weighted by Crippen LogP contribution is -2.61. The van der Waals surface area contributed by atoms with E-state index in [0.717, 1.165) is 56.5 Å². The SMILES string of the molecule is CCCC(C)(CC)C(=O)OCCCC[SiH](CO[SiH](C)CCC[SiH2]O[Si](C)(C)CCC[SiH2]O[Si](C)(C)C)O[Si](C)(C)CC[Si](O[Si](C)(C)C)(O[Si](C)(C)C)O[Si](C)(C)C. The van der Waals surface area contributed by atoms with Crippen molar-refractivity contribution in [1.29, 1.82) is 0 Å². The monoisotopic (exact) mass is 1010 g/mol. The molecule has 20 heteroatoms. The zero-order valence-electron chi connectivity index (χ0n) is 42.1. The molecule has 0 radical (unpaired) electrons. The molecule has 0 aromatic rings. The first-order chi connectivity index (χ1) is 26.3. The predicted octanol–water partition coefficient (Wildman–Crippen LogP) is 10.7. The van der Waals surface area contributed by atoms with Gasteiger partial charge in [-0.1, -0.05) is 39.5 Å². The summed E-state index contributed by atoms with van der Waals surface area (Å²) < 4.78 is 53.8. The van der Waals surface area contributed by atoms with Crippen LogP contribution in [0.1, 0.15) is 65.7 Å². The first-order valence-corrected chi connectivity index (χ1v) is 52.6. The van der Waals surface area contributed by atoms with E-state index in [9.17, 15) is 4.79 Å². The molecule has 58 heavy (non-hydrogen) atoms. The van der Waals surface area contributed by atoms with Crippen LogP contribution in [-0.4, -0.2) is 115 Å². The second kappa shape index (κ2) is 27.1. The predicted molar refractivity (Wildman–Crippen MR) is 280 cm³/mol. The van der Waals surface area contributed by atoms with Crippen molar-refractivity contribution in [2.24, 2.45) is 5.41 Å². The van der Waals surface area contributed by atoms with Gasteiger partial charge in [0.25, 0.3) is 0 Å². The third-order valence-electron chi connectivity index (χ3n) is 9.91. The van der Waals surface area contributed by atoms with Crippen molar-refractivity contribution in [1.82, 2.24) is 0 Å². The largest absolute Gasteiger partial charge is 0.469 e. The fourth-order valence-corrected chi connectivity index (χ4v) is 43.0. The fourth-order valence-electron chi connectivity index (χ4n) is 6.88. The van der Waals surface area contributed by atoms with Crippen LogP contribution in [0.15, 0.2) is 0 Å². The van der Waals surface area contributed by atoms with Crippen molar-refractivity contribution < 1.29 is 38.6 Å². The Morgan fingerprint density at radius 2 is 1.16 bits per heavy atom. The minimum Gasteiger partial charge on any atom is -0.465 e. The van der Waals surface area contributed by atoms with E-state index in [0.29, 0.717) is 6.61 Å². The third-order valence-corrected chi connectivity index (χ3v) is 43.0. The maximum atomic E-state index is 13.0. The van der Waals surface area contributed by atoms with E-state index in [4.69, 9.17) is 33.9 Å². The van der Waals surface area contributed by atoms with Gasteiger partial charge in [-0.2, -0.15) is 0 Å². The van der Waals surface area contributed by atoms with Gasteiger partial charge in [-0.3, -0.25) is 4.79 Å². The van der Waals surface area contributed by atoms with E-state index >= 15 is 0 Å². The highest BCUT2D eigenvalue weighted by Gasteiger charge is 2.51. The van der Waals surface area contributed by atoms with Gasteiger partial charge in [-0.15, -0.1) is 0 Å². The highest BCUT2D eigenvalue weighted by atomic mass is 28.5. The molecule has 0 bridgehead atoms. The topological polar surface area (TPSA) is 90.9 Å². The molecule has 0 amide bonds. The van der Waals surface area contributed by atoms with Crippen LogP contribution in [0.3, 0.4) is 0 Å². The van der Waals surface area contributed by atoms with Gasteiger partial charge in [0.05, 0.1) is 12.0 Å². The molecule has 3 unspecified atom stereocenters. The van der Waals surface area contributed by atoms with Gasteiger partial charge in [-0.05, 0) is 174 Å². The summed E-state index contributed by atoms with van der Waals surface area (Å²) in [4.78, 5) is 13.0. The molecule has 0 saturated heterocycles. The molecule has 0 fully saturated rings. The third kappa shape index (κ3) is 31.4. The van der Waals surface area contributed by atoms with Crippen LogP contribution in [0, 0.1) is 5.41 Å². The summed E-state index contributed by atoms with van der Waals surface area (Å²) in [7, 11) is -17.7. The van der Waals surface area contributed by atoms with Crippen molar-refractivity contribution in [3.8, 4) is 0 Å². The van der Waals surface area contributed by atoms with E-state index in [-0.39, 0.29) is 21.1 Å². The first-order valence-electron chi connectivity index (χ1n) is 23.1. The Labute approximate surface area is 376 Å². The molecular formula is C38H98O9Si11. The molecule has 0 aromatic heterocycles. The molecule has 0 spiro atoms. The molecule has 0 aromatic carbocycles. The quantitative estimate of drug-likeness (QED) is 0.0350. The molecule has 0 rings (SSSR count). The maximum absolute atomic E-state index is 13.0. The van der Waals surface area contributed by atoms with Crippen molar-refractivity contribution in [2.45, 2.75) is 219 Å². The number of unbranched alkanes of at least 4 members (excludes halogenated alkanes) is 1. The summed E-state index contributed by atoms with van der Waals surface area (Å²) in [6, 6.07) is 7.83. The van der Waals surface area contributed by atoms with E-state index in [2.05, 4.69) is 125 Å². The number of ether oxygens (including phenoxy) is 1. The fraction of sp³-hybridized carbons (Fsp3) is 0.974. The summed E-state index contributed by atoms with van der Waals surface area (Å²) in [5.74, 6) is -0.0447. The Bertz CT molecular complexity index is 1090. The van der Waals surface area contributed by atoms with Crippen LogP contribution in [0.25, 0.3) is 0 Å². The van der Waals surface area contributed by atoms with Crippen LogP contribution in [0.4, 0.5) is 0 Å². The van der Waals surface area contributed by atoms with Crippen LogP contribution in [-0.2, 0) is 38.6 Å². The average molecular weight is 1010 g/mol. The lowest BCUT2D eigenvalue weighted by Gasteiger charge is -2.44. The standard InChI is InChI=1S/C38H98O9Si11/c1-21-27-38(3,22-2)37(39)40-28-23-24-32-51(36-41-50(4)31-25-29-49-43-56(17,18)33-26-30-48-42-52(5,6)7)44-57(19,20)34-35-58(45-53(8,9)10,46-54(11,12)13)47-55(14,15)16/h50-51H,21-36,48-49H2,1-20H3. The molecule has 0 aliphatic heterocycles. The Morgan fingerprint density at radius 1 is 0.621 bits per heavy atom. The van der Waals surface area contributed by atoms with Gasteiger partial charge in [0, 0.05) is 12.3 Å². The molecule has 0 N–H and O–H groups in total. The Kier molecular flexibility index (Phi) is 27.9. The minimum atomic E-state index is -2.95. The molecule has 0 saturated carbocycles. The lowest BCUT2D eigenvalue weighted by molar-refractivity contribution is -0.155. The van der Waals surface area contributed by atoms with E-state index in [1.54, 1.807) is 0 Å². The van der Waals surface area contributed by atoms with E-state index in [1.807, 2.05) is 6.92 Å². The summed E-state index contributed by atoms with van der Waals surface area (Å²) in [5, 5.41) is 0. The Balaban J connectivity index is 5.56. The van der Waals surface area contributed by atoms with Gasteiger partial charge in [0.15, 0.2) is 68.0 Å². The van der Waals surface area contributed by atoms with Crippen LogP contribution in [0.5, 0.6) is 0 Å². The van der Waals surface area contributed by atoms with Gasteiger partial charge in [-0.25, -0.2) is 0 Å². The summed E-state index contributed by atoms with van der Waals surface area (Å²) >= 11 is 0. The number of carbonyl (C=O) groups excluding carboxylic acids is 1. The first kappa shape index (κ1) is 59.6. The number of hydrogen-bond acceptors (Lipinski definition) is 9. The molecule has 3 atom stereocenters. The van der Waals surface area contributed by atoms with Gasteiger partial charge < -0.3 is 33.9 Å². The van der Waals surface area contributed by atoms with E-state index in [1.165, 1.54) is 37.0 Å². The Morgan fingerprint density at radius 3 is 1.66 bits per heavy atom. The summed E-state index contributed by atoms with van der Waals surface area (Å²) in [6.45, 7) is 46.0. The zero-order chi connectivity index (χ0) is 45.1. The van der Waals surface area contributed by atoms with Crippen molar-refractivity contribution in [3.63, 3.8) is 0 Å². The normalized spacial score (nSPS) is 16.4. The maximum Gasteiger partial charge on any atom is 0.469 e. The smallest absolute Gasteiger partial charge is 0.465 e. The molecule has 9 nitrogen and oxygen atoms in total. The number of carbonyl (C=O) groups is 1. The van der Waals surface area contributed by atoms with Gasteiger partial charge >= 0.3 is 14.8 Å². The van der Waals surface area contributed by atoms with Crippen LogP contribution >= 0.6 is 0 Å². The molecular weight excluding hydrogens is 909 g/mol. The molecule has 348 valence electrons.